The Labute approximate surface area is 139 Å². The molecule has 106 valence electrons. The lowest BCUT2D eigenvalue weighted by Crippen LogP contribution is -2.01. The summed E-state index contributed by atoms with van der Waals surface area (Å²) in [5.41, 5.74) is 3.33. The van der Waals surface area contributed by atoms with Gasteiger partial charge in [-0.25, -0.2) is 4.98 Å². The SMILES string of the molecule is Brc1cnc(NCc2ccc(-c3ccn[nH]3)cc2)c(Br)c1. The number of pyridine rings is 1. The van der Waals surface area contributed by atoms with Crippen LogP contribution >= 0.6 is 31.9 Å². The van der Waals surface area contributed by atoms with E-state index in [1.54, 1.807) is 12.4 Å². The highest BCUT2D eigenvalue weighted by Gasteiger charge is 2.03. The van der Waals surface area contributed by atoms with Crippen LogP contribution in [-0.4, -0.2) is 15.2 Å². The molecule has 0 amide bonds. The van der Waals surface area contributed by atoms with Crippen LogP contribution in [0.2, 0.25) is 0 Å². The molecule has 0 saturated carbocycles. The highest BCUT2D eigenvalue weighted by atomic mass is 79.9. The minimum atomic E-state index is 0.719. The second-order valence-electron chi connectivity index (χ2n) is 4.50. The summed E-state index contributed by atoms with van der Waals surface area (Å²) in [6.45, 7) is 0.719. The molecule has 2 heterocycles. The van der Waals surface area contributed by atoms with Gasteiger partial charge >= 0.3 is 0 Å². The number of benzene rings is 1. The van der Waals surface area contributed by atoms with Crippen molar-refractivity contribution in [2.75, 3.05) is 5.32 Å². The maximum Gasteiger partial charge on any atom is 0.140 e. The number of aromatic nitrogens is 3. The van der Waals surface area contributed by atoms with E-state index in [1.807, 2.05) is 12.1 Å². The standard InChI is InChI=1S/C15H12Br2N4/c16-12-7-13(17)15(19-9-12)18-8-10-1-3-11(4-2-10)14-5-6-20-21-14/h1-7,9H,8H2,(H,18,19)(H,20,21). The van der Waals surface area contributed by atoms with Crippen molar-refractivity contribution in [1.29, 1.82) is 0 Å². The Bertz CT molecular complexity index is 724. The molecular formula is C15H12Br2N4. The quantitative estimate of drug-likeness (QED) is 0.663. The second kappa shape index (κ2) is 6.41. The van der Waals surface area contributed by atoms with Crippen molar-refractivity contribution >= 4 is 37.7 Å². The molecule has 0 spiro atoms. The van der Waals surface area contributed by atoms with Gasteiger partial charge < -0.3 is 5.32 Å². The van der Waals surface area contributed by atoms with Gasteiger partial charge in [-0.2, -0.15) is 5.10 Å². The maximum absolute atomic E-state index is 4.33. The van der Waals surface area contributed by atoms with E-state index in [1.165, 1.54) is 5.56 Å². The average molecular weight is 408 g/mol. The molecule has 0 aliphatic carbocycles. The molecule has 21 heavy (non-hydrogen) atoms. The molecule has 0 bridgehead atoms. The van der Waals surface area contributed by atoms with Crippen LogP contribution < -0.4 is 5.32 Å². The summed E-state index contributed by atoms with van der Waals surface area (Å²) in [4.78, 5) is 4.33. The smallest absolute Gasteiger partial charge is 0.140 e. The third-order valence-electron chi connectivity index (χ3n) is 3.03. The van der Waals surface area contributed by atoms with Crippen molar-refractivity contribution in [3.8, 4) is 11.3 Å². The fourth-order valence-electron chi connectivity index (χ4n) is 1.95. The number of aromatic amines is 1. The summed E-state index contributed by atoms with van der Waals surface area (Å²) in [5, 5.41) is 10.2. The van der Waals surface area contributed by atoms with Crippen molar-refractivity contribution in [3.63, 3.8) is 0 Å². The molecule has 0 radical (unpaired) electrons. The van der Waals surface area contributed by atoms with Crippen molar-refractivity contribution in [3.05, 3.63) is 63.3 Å². The van der Waals surface area contributed by atoms with Gasteiger partial charge in [0.15, 0.2) is 0 Å². The first kappa shape index (κ1) is 14.3. The van der Waals surface area contributed by atoms with Crippen molar-refractivity contribution < 1.29 is 0 Å². The molecule has 3 aromatic rings. The Kier molecular flexibility index (Phi) is 4.36. The van der Waals surface area contributed by atoms with Crippen LogP contribution in [0.1, 0.15) is 5.56 Å². The van der Waals surface area contributed by atoms with E-state index in [4.69, 9.17) is 0 Å². The van der Waals surface area contributed by atoms with Gasteiger partial charge in [-0.3, -0.25) is 5.10 Å². The van der Waals surface area contributed by atoms with Crippen LogP contribution in [-0.2, 0) is 6.54 Å². The van der Waals surface area contributed by atoms with Gasteiger partial charge in [0.05, 0.1) is 10.2 Å². The minimum absolute atomic E-state index is 0.719. The van der Waals surface area contributed by atoms with Crippen LogP contribution in [0, 0.1) is 0 Å². The number of nitrogens with zero attached hydrogens (tertiary/aromatic N) is 2. The Hall–Kier alpha value is -1.66. The van der Waals surface area contributed by atoms with Gasteiger partial charge in [0, 0.05) is 23.4 Å². The molecule has 0 saturated heterocycles. The zero-order valence-electron chi connectivity index (χ0n) is 11.0. The highest BCUT2D eigenvalue weighted by molar-refractivity contribution is 9.11. The third kappa shape index (κ3) is 3.51. The van der Waals surface area contributed by atoms with Gasteiger partial charge in [0.25, 0.3) is 0 Å². The number of hydrogen-bond donors (Lipinski definition) is 2. The van der Waals surface area contributed by atoms with Gasteiger partial charge in [-0.05, 0) is 55.1 Å². The highest BCUT2D eigenvalue weighted by Crippen LogP contribution is 2.24. The molecule has 0 atom stereocenters. The van der Waals surface area contributed by atoms with Crippen LogP contribution in [0.5, 0.6) is 0 Å². The molecule has 0 unspecified atom stereocenters. The number of anilines is 1. The molecule has 6 heteroatoms. The van der Waals surface area contributed by atoms with Crippen molar-refractivity contribution in [2.24, 2.45) is 0 Å². The molecule has 0 fully saturated rings. The van der Waals surface area contributed by atoms with Crippen LogP contribution in [0.15, 0.2) is 57.7 Å². The van der Waals surface area contributed by atoms with E-state index in [2.05, 4.69) is 76.6 Å². The number of halogens is 2. The van der Waals surface area contributed by atoms with E-state index >= 15 is 0 Å². The molecule has 2 aromatic heterocycles. The van der Waals surface area contributed by atoms with Crippen LogP contribution in [0.3, 0.4) is 0 Å². The lowest BCUT2D eigenvalue weighted by atomic mass is 10.1. The van der Waals surface area contributed by atoms with E-state index < -0.39 is 0 Å². The molecule has 4 nitrogen and oxygen atoms in total. The van der Waals surface area contributed by atoms with E-state index in [-0.39, 0.29) is 0 Å². The lowest BCUT2D eigenvalue weighted by Gasteiger charge is -2.08. The largest absolute Gasteiger partial charge is 0.365 e. The summed E-state index contributed by atoms with van der Waals surface area (Å²) >= 11 is 6.88. The summed E-state index contributed by atoms with van der Waals surface area (Å²) in [7, 11) is 0. The molecular weight excluding hydrogens is 396 g/mol. The van der Waals surface area contributed by atoms with E-state index in [0.717, 1.165) is 32.6 Å². The molecule has 0 aliphatic rings. The average Bonchev–Trinajstić information content (AvgIpc) is 3.01. The predicted octanol–water partition coefficient (Wildman–Crippen LogP) is 4.61. The van der Waals surface area contributed by atoms with Gasteiger partial charge in [0.2, 0.25) is 0 Å². The Morgan fingerprint density at radius 1 is 1.10 bits per heavy atom. The fraction of sp³-hybridized carbons (Fsp3) is 0.0667. The normalized spacial score (nSPS) is 10.6. The summed E-state index contributed by atoms with van der Waals surface area (Å²) in [5.74, 6) is 0.829. The van der Waals surface area contributed by atoms with Crippen molar-refractivity contribution in [1.82, 2.24) is 15.2 Å². The van der Waals surface area contributed by atoms with Crippen LogP contribution in [0.4, 0.5) is 5.82 Å². The number of hydrogen-bond acceptors (Lipinski definition) is 3. The minimum Gasteiger partial charge on any atom is -0.365 e. The second-order valence-corrected chi connectivity index (χ2v) is 6.27. The Morgan fingerprint density at radius 3 is 2.57 bits per heavy atom. The summed E-state index contributed by atoms with van der Waals surface area (Å²) in [6.07, 6.45) is 3.52. The van der Waals surface area contributed by atoms with E-state index in [9.17, 15) is 0 Å². The number of nitrogens with one attached hydrogen (secondary N) is 2. The lowest BCUT2D eigenvalue weighted by molar-refractivity contribution is 1.09. The third-order valence-corrected chi connectivity index (χ3v) is 4.07. The fourth-order valence-corrected chi connectivity index (χ4v) is 3.08. The molecule has 3 rings (SSSR count). The molecule has 0 aliphatic heterocycles. The monoisotopic (exact) mass is 406 g/mol. The first-order valence-corrected chi connectivity index (χ1v) is 7.94. The first-order valence-electron chi connectivity index (χ1n) is 6.36. The molecule has 2 N–H and O–H groups in total. The van der Waals surface area contributed by atoms with Crippen LogP contribution in [0.25, 0.3) is 11.3 Å². The van der Waals surface area contributed by atoms with Gasteiger partial charge in [-0.15, -0.1) is 0 Å². The number of rotatable bonds is 4. The topological polar surface area (TPSA) is 53.6 Å². The van der Waals surface area contributed by atoms with Gasteiger partial charge in [0.1, 0.15) is 5.82 Å². The summed E-state index contributed by atoms with van der Waals surface area (Å²) < 4.78 is 1.88. The Morgan fingerprint density at radius 2 is 1.90 bits per heavy atom. The van der Waals surface area contributed by atoms with E-state index in [0.29, 0.717) is 0 Å². The zero-order valence-corrected chi connectivity index (χ0v) is 14.1. The number of H-pyrrole nitrogens is 1. The first-order chi connectivity index (χ1) is 10.2. The van der Waals surface area contributed by atoms with Crippen molar-refractivity contribution in [2.45, 2.75) is 6.54 Å². The van der Waals surface area contributed by atoms with Gasteiger partial charge in [-0.1, -0.05) is 24.3 Å². The Balaban J connectivity index is 1.68. The molecule has 1 aromatic carbocycles. The summed E-state index contributed by atoms with van der Waals surface area (Å²) in [6, 6.07) is 12.3. The predicted molar refractivity (Wildman–Crippen MR) is 91.0 cm³/mol. The maximum atomic E-state index is 4.33. The zero-order chi connectivity index (χ0) is 14.7.